The Hall–Kier alpha value is -0.900. The van der Waals surface area contributed by atoms with Gasteiger partial charge in [0.05, 0.1) is 6.61 Å². The second kappa shape index (κ2) is 7.63. The molecule has 1 fully saturated rings. The van der Waals surface area contributed by atoms with E-state index in [0.717, 1.165) is 26.3 Å². The van der Waals surface area contributed by atoms with E-state index in [1.165, 1.54) is 18.4 Å². The van der Waals surface area contributed by atoms with Crippen LogP contribution in [0.5, 0.6) is 0 Å². The molecule has 0 spiro atoms. The molecule has 0 radical (unpaired) electrons. The van der Waals surface area contributed by atoms with E-state index in [-0.39, 0.29) is 0 Å². The highest BCUT2D eigenvalue weighted by molar-refractivity contribution is 5.20. The fourth-order valence-corrected chi connectivity index (χ4v) is 2.88. The molecule has 2 N–H and O–H groups in total. The molecule has 1 aromatic rings. The van der Waals surface area contributed by atoms with Crippen molar-refractivity contribution in [3.8, 4) is 0 Å². The van der Waals surface area contributed by atoms with Crippen LogP contribution in [-0.4, -0.2) is 44.8 Å². The van der Waals surface area contributed by atoms with Crippen LogP contribution in [0.4, 0.5) is 0 Å². The molecule has 3 heteroatoms. The largest absolute Gasteiger partial charge is 0.381 e. The third-order valence-corrected chi connectivity index (χ3v) is 3.91. The van der Waals surface area contributed by atoms with Crippen molar-refractivity contribution in [2.75, 3.05) is 39.9 Å². The minimum Gasteiger partial charge on any atom is -0.381 e. The van der Waals surface area contributed by atoms with Crippen LogP contribution in [-0.2, 0) is 4.74 Å². The maximum Gasteiger partial charge on any atom is 0.0506 e. The van der Waals surface area contributed by atoms with Gasteiger partial charge in [0.25, 0.3) is 0 Å². The van der Waals surface area contributed by atoms with Crippen LogP contribution in [0, 0.1) is 5.92 Å². The Bertz CT molecular complexity index is 349. The SMILES string of the molecule is CN(CC1CCCOC1)CC(CN)c1ccccc1. The monoisotopic (exact) mass is 262 g/mol. The summed E-state index contributed by atoms with van der Waals surface area (Å²) in [6.45, 7) is 4.70. The Morgan fingerprint density at radius 1 is 1.37 bits per heavy atom. The standard InChI is InChI=1S/C16H26N2O/c1-18(11-14-6-5-9-19-13-14)12-16(10-17)15-7-3-2-4-8-15/h2-4,7-8,14,16H,5-6,9-13,17H2,1H3. The third-order valence-electron chi connectivity index (χ3n) is 3.91. The summed E-state index contributed by atoms with van der Waals surface area (Å²) in [5.41, 5.74) is 7.28. The third kappa shape index (κ3) is 4.60. The Labute approximate surface area is 116 Å². The molecule has 106 valence electrons. The van der Waals surface area contributed by atoms with E-state index in [0.29, 0.717) is 18.4 Å². The van der Waals surface area contributed by atoms with Gasteiger partial charge in [0.2, 0.25) is 0 Å². The van der Waals surface area contributed by atoms with Crippen LogP contribution in [0.1, 0.15) is 24.3 Å². The fraction of sp³-hybridized carbons (Fsp3) is 0.625. The van der Waals surface area contributed by atoms with Gasteiger partial charge in [0, 0.05) is 32.2 Å². The number of hydrogen-bond acceptors (Lipinski definition) is 3. The number of rotatable bonds is 6. The zero-order valence-corrected chi connectivity index (χ0v) is 11.9. The number of nitrogens with two attached hydrogens (primary N) is 1. The minimum absolute atomic E-state index is 0.427. The molecule has 0 aromatic heterocycles. The van der Waals surface area contributed by atoms with Gasteiger partial charge in [-0.25, -0.2) is 0 Å². The van der Waals surface area contributed by atoms with Crippen molar-refractivity contribution in [2.45, 2.75) is 18.8 Å². The Morgan fingerprint density at radius 2 is 2.16 bits per heavy atom. The van der Waals surface area contributed by atoms with Crippen LogP contribution in [0.25, 0.3) is 0 Å². The molecule has 2 rings (SSSR count). The van der Waals surface area contributed by atoms with E-state index >= 15 is 0 Å². The zero-order chi connectivity index (χ0) is 13.5. The summed E-state index contributed by atoms with van der Waals surface area (Å²) in [6.07, 6.45) is 2.50. The fourth-order valence-electron chi connectivity index (χ4n) is 2.88. The second-order valence-electron chi connectivity index (χ2n) is 5.65. The van der Waals surface area contributed by atoms with E-state index in [4.69, 9.17) is 10.5 Å². The summed E-state index contributed by atoms with van der Waals surface area (Å²) in [4.78, 5) is 2.41. The second-order valence-corrected chi connectivity index (χ2v) is 5.65. The molecule has 0 bridgehead atoms. The summed E-state index contributed by atoms with van der Waals surface area (Å²) >= 11 is 0. The highest BCUT2D eigenvalue weighted by Gasteiger charge is 2.18. The molecule has 0 saturated carbocycles. The lowest BCUT2D eigenvalue weighted by molar-refractivity contribution is 0.0414. The maximum atomic E-state index is 5.93. The molecule has 0 aliphatic carbocycles. The van der Waals surface area contributed by atoms with Crippen molar-refractivity contribution in [1.29, 1.82) is 0 Å². The molecule has 0 amide bonds. The molecule has 1 aliphatic heterocycles. The average Bonchev–Trinajstić information content (AvgIpc) is 2.47. The van der Waals surface area contributed by atoms with E-state index in [1.54, 1.807) is 0 Å². The van der Waals surface area contributed by atoms with Crippen LogP contribution >= 0.6 is 0 Å². The molecule has 3 nitrogen and oxygen atoms in total. The van der Waals surface area contributed by atoms with Crippen LogP contribution in [0.3, 0.4) is 0 Å². The van der Waals surface area contributed by atoms with Gasteiger partial charge in [-0.15, -0.1) is 0 Å². The summed E-state index contributed by atoms with van der Waals surface area (Å²) in [6, 6.07) is 10.6. The molecule has 2 unspecified atom stereocenters. The smallest absolute Gasteiger partial charge is 0.0506 e. The van der Waals surface area contributed by atoms with Gasteiger partial charge in [0.1, 0.15) is 0 Å². The summed E-state index contributed by atoms with van der Waals surface area (Å²) in [7, 11) is 2.19. The molecule has 1 saturated heterocycles. The molecular weight excluding hydrogens is 236 g/mol. The van der Waals surface area contributed by atoms with Gasteiger partial charge in [-0.1, -0.05) is 30.3 Å². The van der Waals surface area contributed by atoms with Crippen molar-refractivity contribution in [2.24, 2.45) is 11.7 Å². The van der Waals surface area contributed by atoms with E-state index in [1.807, 2.05) is 0 Å². The van der Waals surface area contributed by atoms with Crippen LogP contribution in [0.2, 0.25) is 0 Å². The number of likely N-dealkylation sites (N-methyl/N-ethyl adjacent to an activating group) is 1. The van der Waals surface area contributed by atoms with Gasteiger partial charge < -0.3 is 15.4 Å². The lowest BCUT2D eigenvalue weighted by Gasteiger charge is -2.29. The summed E-state index contributed by atoms with van der Waals surface area (Å²) in [5, 5.41) is 0. The lowest BCUT2D eigenvalue weighted by Crippen LogP contribution is -2.35. The van der Waals surface area contributed by atoms with E-state index in [9.17, 15) is 0 Å². The highest BCUT2D eigenvalue weighted by Crippen LogP contribution is 2.18. The van der Waals surface area contributed by atoms with Crippen molar-refractivity contribution in [3.63, 3.8) is 0 Å². The first-order valence-corrected chi connectivity index (χ1v) is 7.31. The zero-order valence-electron chi connectivity index (χ0n) is 11.9. The average molecular weight is 262 g/mol. The molecule has 1 aliphatic rings. The van der Waals surface area contributed by atoms with Gasteiger partial charge in [0.15, 0.2) is 0 Å². The van der Waals surface area contributed by atoms with Gasteiger partial charge in [-0.2, -0.15) is 0 Å². The highest BCUT2D eigenvalue weighted by atomic mass is 16.5. The Morgan fingerprint density at radius 3 is 2.79 bits per heavy atom. The number of hydrogen-bond donors (Lipinski definition) is 1. The topological polar surface area (TPSA) is 38.5 Å². The van der Waals surface area contributed by atoms with Crippen LogP contribution < -0.4 is 5.73 Å². The summed E-state index contributed by atoms with van der Waals surface area (Å²) in [5.74, 6) is 1.11. The maximum absolute atomic E-state index is 5.93. The lowest BCUT2D eigenvalue weighted by atomic mass is 9.97. The Balaban J connectivity index is 1.84. The van der Waals surface area contributed by atoms with Crippen molar-refractivity contribution in [1.82, 2.24) is 4.90 Å². The van der Waals surface area contributed by atoms with E-state index in [2.05, 4.69) is 42.3 Å². The molecule has 2 atom stereocenters. The number of ether oxygens (including phenoxy) is 1. The first-order chi connectivity index (χ1) is 9.29. The van der Waals surface area contributed by atoms with E-state index < -0.39 is 0 Å². The summed E-state index contributed by atoms with van der Waals surface area (Å²) < 4.78 is 5.55. The molecule has 1 aromatic carbocycles. The number of benzene rings is 1. The van der Waals surface area contributed by atoms with Gasteiger partial charge in [-0.05, 0) is 31.4 Å². The van der Waals surface area contributed by atoms with Crippen molar-refractivity contribution >= 4 is 0 Å². The van der Waals surface area contributed by atoms with Crippen molar-refractivity contribution < 1.29 is 4.74 Å². The molecule has 1 heterocycles. The van der Waals surface area contributed by atoms with Crippen LogP contribution in [0.15, 0.2) is 30.3 Å². The molecule has 19 heavy (non-hydrogen) atoms. The predicted molar refractivity (Wildman–Crippen MR) is 79.3 cm³/mol. The van der Waals surface area contributed by atoms with Gasteiger partial charge in [-0.3, -0.25) is 0 Å². The van der Waals surface area contributed by atoms with Gasteiger partial charge >= 0.3 is 0 Å². The van der Waals surface area contributed by atoms with Crippen molar-refractivity contribution in [3.05, 3.63) is 35.9 Å². The first-order valence-electron chi connectivity index (χ1n) is 7.31. The quantitative estimate of drug-likeness (QED) is 0.853. The minimum atomic E-state index is 0.427. The molecular formula is C16H26N2O. The normalized spacial score (nSPS) is 21.5. The number of nitrogens with zero attached hydrogens (tertiary/aromatic N) is 1. The first kappa shape index (κ1) is 14.5. The predicted octanol–water partition coefficient (Wildman–Crippen LogP) is 2.09. The Kier molecular flexibility index (Phi) is 5.83.